The zero-order valence-corrected chi connectivity index (χ0v) is 11.9. The van der Waals surface area contributed by atoms with Crippen LogP contribution in [-0.4, -0.2) is 17.1 Å². The summed E-state index contributed by atoms with van der Waals surface area (Å²) in [6, 6.07) is 0. The van der Waals surface area contributed by atoms with E-state index >= 15 is 0 Å². The molecule has 0 aromatic carbocycles. The highest BCUT2D eigenvalue weighted by atomic mass is 15.4. The Kier molecular flexibility index (Phi) is 8.96. The maximum absolute atomic E-state index is 6.06. The molecule has 0 rings (SSSR count). The minimum atomic E-state index is 0.155. The summed E-state index contributed by atoms with van der Waals surface area (Å²) in [5, 5.41) is 2.01. The smallest absolute Gasteiger partial charge is 0.0293 e. The standard InChI is InChI=1S/C14H32N2/c1-5-7-8-9-10-11-12-13-16(15)14(3,4)6-2/h5-13,15H2,1-4H3. The van der Waals surface area contributed by atoms with Gasteiger partial charge in [-0.2, -0.15) is 0 Å². The van der Waals surface area contributed by atoms with Crippen molar-refractivity contribution >= 4 is 0 Å². The summed E-state index contributed by atoms with van der Waals surface area (Å²) in [6.45, 7) is 9.93. The largest absolute Gasteiger partial charge is 0.268 e. The maximum Gasteiger partial charge on any atom is 0.0293 e. The Labute approximate surface area is 103 Å². The van der Waals surface area contributed by atoms with Crippen molar-refractivity contribution in [3.05, 3.63) is 0 Å². The second-order valence-corrected chi connectivity index (χ2v) is 5.48. The number of hydrogen-bond acceptors (Lipinski definition) is 2. The van der Waals surface area contributed by atoms with Gasteiger partial charge in [-0.1, -0.05) is 52.4 Å². The highest BCUT2D eigenvalue weighted by molar-refractivity contribution is 4.75. The molecule has 2 N–H and O–H groups in total. The predicted octanol–water partition coefficient (Wildman–Crippen LogP) is 4.10. The lowest BCUT2D eigenvalue weighted by atomic mass is 10.0. The molecule has 98 valence electrons. The van der Waals surface area contributed by atoms with E-state index in [0.717, 1.165) is 13.0 Å². The van der Waals surface area contributed by atoms with E-state index in [-0.39, 0.29) is 5.54 Å². The first kappa shape index (κ1) is 15.9. The number of rotatable bonds is 10. The van der Waals surface area contributed by atoms with Crippen molar-refractivity contribution < 1.29 is 0 Å². The van der Waals surface area contributed by atoms with Gasteiger partial charge in [0.1, 0.15) is 0 Å². The van der Waals surface area contributed by atoms with Crippen LogP contribution in [0.2, 0.25) is 0 Å². The summed E-state index contributed by atoms with van der Waals surface area (Å²) >= 11 is 0. The molecule has 0 aromatic heterocycles. The van der Waals surface area contributed by atoms with Gasteiger partial charge < -0.3 is 0 Å². The van der Waals surface area contributed by atoms with Gasteiger partial charge >= 0.3 is 0 Å². The van der Waals surface area contributed by atoms with Crippen LogP contribution in [0.15, 0.2) is 0 Å². The second-order valence-electron chi connectivity index (χ2n) is 5.48. The van der Waals surface area contributed by atoms with Gasteiger partial charge in [-0.25, -0.2) is 5.01 Å². The summed E-state index contributed by atoms with van der Waals surface area (Å²) in [6.07, 6.45) is 10.6. The van der Waals surface area contributed by atoms with Crippen LogP contribution < -0.4 is 5.84 Å². The van der Waals surface area contributed by atoms with Gasteiger partial charge in [0.05, 0.1) is 0 Å². The fourth-order valence-electron chi connectivity index (χ4n) is 1.75. The zero-order chi connectivity index (χ0) is 12.4. The van der Waals surface area contributed by atoms with Gasteiger partial charge in [-0.3, -0.25) is 5.84 Å². The van der Waals surface area contributed by atoms with Crippen molar-refractivity contribution in [2.45, 2.75) is 84.6 Å². The summed E-state index contributed by atoms with van der Waals surface area (Å²) in [5.74, 6) is 6.06. The first-order valence-corrected chi connectivity index (χ1v) is 7.07. The van der Waals surface area contributed by atoms with E-state index in [0.29, 0.717) is 0 Å². The fourth-order valence-corrected chi connectivity index (χ4v) is 1.75. The molecular weight excluding hydrogens is 196 g/mol. The van der Waals surface area contributed by atoms with Crippen LogP contribution in [0.5, 0.6) is 0 Å². The Morgan fingerprint density at radius 3 is 1.88 bits per heavy atom. The van der Waals surface area contributed by atoms with E-state index < -0.39 is 0 Å². The van der Waals surface area contributed by atoms with Crippen molar-refractivity contribution in [2.24, 2.45) is 5.84 Å². The molecule has 0 aliphatic heterocycles. The molecule has 0 heterocycles. The van der Waals surface area contributed by atoms with E-state index in [4.69, 9.17) is 5.84 Å². The normalized spacial score (nSPS) is 12.4. The maximum atomic E-state index is 6.06. The summed E-state index contributed by atoms with van der Waals surface area (Å²) in [5.41, 5.74) is 0.155. The van der Waals surface area contributed by atoms with Crippen molar-refractivity contribution in [2.75, 3.05) is 6.54 Å². The first-order chi connectivity index (χ1) is 7.54. The molecule has 2 nitrogen and oxygen atoms in total. The van der Waals surface area contributed by atoms with Crippen molar-refractivity contribution in [3.63, 3.8) is 0 Å². The first-order valence-electron chi connectivity index (χ1n) is 7.07. The van der Waals surface area contributed by atoms with Gasteiger partial charge in [0.2, 0.25) is 0 Å². The molecule has 0 aliphatic rings. The molecule has 0 radical (unpaired) electrons. The predicted molar refractivity (Wildman–Crippen MR) is 73.3 cm³/mol. The van der Waals surface area contributed by atoms with Crippen molar-refractivity contribution in [3.8, 4) is 0 Å². The van der Waals surface area contributed by atoms with E-state index in [2.05, 4.69) is 27.7 Å². The van der Waals surface area contributed by atoms with Crippen LogP contribution >= 0.6 is 0 Å². The number of hydrogen-bond donors (Lipinski definition) is 1. The molecule has 0 atom stereocenters. The molecule has 0 fully saturated rings. The lowest BCUT2D eigenvalue weighted by Crippen LogP contribution is -2.48. The van der Waals surface area contributed by atoms with Gasteiger partial charge in [0.25, 0.3) is 0 Å². The van der Waals surface area contributed by atoms with Crippen LogP contribution in [0.1, 0.15) is 79.1 Å². The molecule has 0 saturated heterocycles. The highest BCUT2D eigenvalue weighted by Crippen LogP contribution is 2.15. The Balaban J connectivity index is 3.38. The summed E-state index contributed by atoms with van der Waals surface area (Å²) in [4.78, 5) is 0. The van der Waals surface area contributed by atoms with E-state index in [1.54, 1.807) is 0 Å². The third-order valence-corrected chi connectivity index (χ3v) is 3.65. The molecule has 0 aliphatic carbocycles. The average molecular weight is 228 g/mol. The van der Waals surface area contributed by atoms with E-state index in [1.165, 1.54) is 44.9 Å². The highest BCUT2D eigenvalue weighted by Gasteiger charge is 2.20. The third kappa shape index (κ3) is 7.24. The number of hydrazine groups is 1. The minimum absolute atomic E-state index is 0.155. The van der Waals surface area contributed by atoms with E-state index in [1.807, 2.05) is 5.01 Å². The fraction of sp³-hybridized carbons (Fsp3) is 1.00. The van der Waals surface area contributed by atoms with E-state index in [9.17, 15) is 0 Å². The zero-order valence-electron chi connectivity index (χ0n) is 11.9. The Hall–Kier alpha value is -0.0800. The molecule has 0 amide bonds. The topological polar surface area (TPSA) is 29.3 Å². The van der Waals surface area contributed by atoms with Gasteiger partial charge in [0, 0.05) is 12.1 Å². The number of unbranched alkanes of at least 4 members (excludes halogenated alkanes) is 6. The quantitative estimate of drug-likeness (QED) is 0.346. The molecule has 0 aromatic rings. The van der Waals surface area contributed by atoms with Crippen LogP contribution in [0.25, 0.3) is 0 Å². The molecule has 0 bridgehead atoms. The number of nitrogens with zero attached hydrogens (tertiary/aromatic N) is 1. The SMILES string of the molecule is CCCCCCCCCN(N)C(C)(C)CC. The Morgan fingerprint density at radius 2 is 1.38 bits per heavy atom. The van der Waals surface area contributed by atoms with Gasteiger partial charge in [-0.05, 0) is 26.7 Å². The average Bonchev–Trinajstić information content (AvgIpc) is 2.27. The summed E-state index contributed by atoms with van der Waals surface area (Å²) < 4.78 is 0. The third-order valence-electron chi connectivity index (χ3n) is 3.65. The molecule has 2 heteroatoms. The molecule has 16 heavy (non-hydrogen) atoms. The lowest BCUT2D eigenvalue weighted by molar-refractivity contribution is 0.114. The van der Waals surface area contributed by atoms with Crippen LogP contribution in [0, 0.1) is 0 Å². The molecule has 0 saturated carbocycles. The van der Waals surface area contributed by atoms with Crippen LogP contribution in [0.4, 0.5) is 0 Å². The number of nitrogens with two attached hydrogens (primary N) is 1. The Morgan fingerprint density at radius 1 is 0.875 bits per heavy atom. The van der Waals surface area contributed by atoms with Crippen molar-refractivity contribution in [1.82, 2.24) is 5.01 Å². The Bertz CT molecular complexity index is 155. The van der Waals surface area contributed by atoms with Crippen LogP contribution in [0.3, 0.4) is 0 Å². The van der Waals surface area contributed by atoms with Crippen molar-refractivity contribution in [1.29, 1.82) is 0 Å². The second kappa shape index (κ2) is 9.00. The summed E-state index contributed by atoms with van der Waals surface area (Å²) in [7, 11) is 0. The lowest BCUT2D eigenvalue weighted by Gasteiger charge is -2.34. The van der Waals surface area contributed by atoms with Gasteiger partial charge in [0.15, 0.2) is 0 Å². The molecular formula is C14H32N2. The monoisotopic (exact) mass is 228 g/mol. The van der Waals surface area contributed by atoms with Gasteiger partial charge in [-0.15, -0.1) is 0 Å². The van der Waals surface area contributed by atoms with Crippen LogP contribution in [-0.2, 0) is 0 Å². The molecule has 0 spiro atoms. The molecule has 0 unspecified atom stereocenters. The minimum Gasteiger partial charge on any atom is -0.268 e.